The molecular weight excluding hydrogens is 340 g/mol. The van der Waals surface area contributed by atoms with Gasteiger partial charge in [0.2, 0.25) is 6.79 Å². The number of carbonyl (C=O) groups excluding carboxylic acids is 1. The Labute approximate surface area is 141 Å². The van der Waals surface area contributed by atoms with E-state index in [-0.39, 0.29) is 23.3 Å². The molecule has 0 spiro atoms. The minimum Gasteiger partial charge on any atom is -0.477 e. The molecule has 0 aliphatic carbocycles. The van der Waals surface area contributed by atoms with E-state index < -0.39 is 17.4 Å². The van der Waals surface area contributed by atoms with Crippen LogP contribution in [0.15, 0.2) is 36.4 Å². The molecule has 0 atom stereocenters. The summed E-state index contributed by atoms with van der Waals surface area (Å²) in [5, 5.41) is 13.8. The zero-order chi connectivity index (χ0) is 17.1. The van der Waals surface area contributed by atoms with Crippen molar-refractivity contribution in [3.63, 3.8) is 0 Å². The molecule has 1 aliphatic heterocycles. The zero-order valence-corrected chi connectivity index (χ0v) is 12.9. The first-order valence-corrected chi connectivity index (χ1v) is 7.17. The van der Waals surface area contributed by atoms with Gasteiger partial charge in [-0.15, -0.1) is 0 Å². The first-order valence-electron chi connectivity index (χ1n) is 6.79. The minimum atomic E-state index is -0.628. The predicted molar refractivity (Wildman–Crippen MR) is 84.8 cm³/mol. The largest absolute Gasteiger partial charge is 0.477 e. The van der Waals surface area contributed by atoms with Crippen LogP contribution >= 0.6 is 11.6 Å². The van der Waals surface area contributed by atoms with Crippen LogP contribution in [-0.4, -0.2) is 24.2 Å². The molecule has 0 saturated carbocycles. The molecule has 0 aromatic heterocycles. The number of anilines is 1. The molecule has 0 fully saturated rings. The molecule has 3 rings (SSSR count). The number of amides is 1. The molecule has 9 heteroatoms. The molecule has 124 valence electrons. The molecular formula is C15H11ClN2O6. The van der Waals surface area contributed by atoms with Crippen molar-refractivity contribution in [2.45, 2.75) is 0 Å². The predicted octanol–water partition coefficient (Wildman–Crippen LogP) is 2.99. The van der Waals surface area contributed by atoms with Gasteiger partial charge in [-0.1, -0.05) is 11.6 Å². The first-order chi connectivity index (χ1) is 11.5. The Kier molecular flexibility index (Phi) is 4.39. The van der Waals surface area contributed by atoms with E-state index >= 15 is 0 Å². The van der Waals surface area contributed by atoms with E-state index in [1.165, 1.54) is 12.1 Å². The minimum absolute atomic E-state index is 0.0368. The molecule has 1 heterocycles. The van der Waals surface area contributed by atoms with Crippen LogP contribution in [0.3, 0.4) is 0 Å². The standard InChI is InChI=1S/C15H11ClN2O6/c16-9-1-3-12(11(5-9)18(20)21)22-7-15(19)17-10-2-4-13-14(6-10)24-8-23-13/h1-6H,7-8H2,(H,17,19). The second-order valence-corrected chi connectivity index (χ2v) is 5.21. The van der Waals surface area contributed by atoms with Crippen LogP contribution in [0.1, 0.15) is 0 Å². The van der Waals surface area contributed by atoms with Gasteiger partial charge in [-0.3, -0.25) is 14.9 Å². The molecule has 1 amide bonds. The fourth-order valence-electron chi connectivity index (χ4n) is 2.07. The summed E-state index contributed by atoms with van der Waals surface area (Å²) in [5.41, 5.74) is 0.192. The molecule has 1 N–H and O–H groups in total. The number of hydrogen-bond donors (Lipinski definition) is 1. The van der Waals surface area contributed by atoms with Gasteiger partial charge in [0.15, 0.2) is 23.9 Å². The summed E-state index contributed by atoms with van der Waals surface area (Å²) in [6.07, 6.45) is 0. The zero-order valence-electron chi connectivity index (χ0n) is 12.2. The molecule has 1 aliphatic rings. The Hall–Kier alpha value is -3.00. The second-order valence-electron chi connectivity index (χ2n) is 4.77. The number of ether oxygens (including phenoxy) is 3. The number of fused-ring (bicyclic) bond motifs is 1. The van der Waals surface area contributed by atoms with Gasteiger partial charge >= 0.3 is 5.69 Å². The average molecular weight is 351 g/mol. The lowest BCUT2D eigenvalue weighted by molar-refractivity contribution is -0.385. The fourth-order valence-corrected chi connectivity index (χ4v) is 2.24. The van der Waals surface area contributed by atoms with Crippen LogP contribution in [0.2, 0.25) is 5.02 Å². The van der Waals surface area contributed by atoms with E-state index in [9.17, 15) is 14.9 Å². The van der Waals surface area contributed by atoms with Crippen molar-refractivity contribution in [3.05, 3.63) is 51.5 Å². The van der Waals surface area contributed by atoms with E-state index in [0.29, 0.717) is 17.2 Å². The number of hydrogen-bond acceptors (Lipinski definition) is 6. The molecule has 2 aromatic rings. The van der Waals surface area contributed by atoms with Gasteiger partial charge in [0.25, 0.3) is 5.91 Å². The van der Waals surface area contributed by atoms with Gasteiger partial charge < -0.3 is 19.5 Å². The second kappa shape index (κ2) is 6.63. The van der Waals surface area contributed by atoms with Crippen LogP contribution in [0.25, 0.3) is 0 Å². The highest BCUT2D eigenvalue weighted by molar-refractivity contribution is 6.30. The monoisotopic (exact) mass is 350 g/mol. The van der Waals surface area contributed by atoms with E-state index in [1.54, 1.807) is 18.2 Å². The van der Waals surface area contributed by atoms with E-state index in [0.717, 1.165) is 6.07 Å². The Morgan fingerprint density at radius 2 is 2.04 bits per heavy atom. The molecule has 24 heavy (non-hydrogen) atoms. The van der Waals surface area contributed by atoms with Crippen molar-refractivity contribution in [3.8, 4) is 17.2 Å². The van der Waals surface area contributed by atoms with Crippen LogP contribution < -0.4 is 19.5 Å². The Balaban J connectivity index is 1.63. The summed E-state index contributed by atoms with van der Waals surface area (Å²) >= 11 is 5.72. The Bertz CT molecular complexity index is 811. The normalized spacial score (nSPS) is 11.9. The van der Waals surface area contributed by atoms with Gasteiger partial charge in [0, 0.05) is 22.8 Å². The first kappa shape index (κ1) is 15.9. The summed E-state index contributed by atoms with van der Waals surface area (Å²) in [6.45, 7) is -0.257. The number of benzene rings is 2. The highest BCUT2D eigenvalue weighted by Crippen LogP contribution is 2.34. The van der Waals surface area contributed by atoms with Crippen molar-refractivity contribution < 1.29 is 23.9 Å². The highest BCUT2D eigenvalue weighted by Gasteiger charge is 2.18. The van der Waals surface area contributed by atoms with Crippen molar-refractivity contribution in [1.82, 2.24) is 0 Å². The van der Waals surface area contributed by atoms with Crippen LogP contribution in [0.4, 0.5) is 11.4 Å². The molecule has 8 nitrogen and oxygen atoms in total. The van der Waals surface area contributed by atoms with Crippen molar-refractivity contribution in [2.75, 3.05) is 18.7 Å². The van der Waals surface area contributed by atoms with E-state index in [2.05, 4.69) is 5.32 Å². The Morgan fingerprint density at radius 1 is 1.25 bits per heavy atom. The number of nitrogens with one attached hydrogen (secondary N) is 1. The highest BCUT2D eigenvalue weighted by atomic mass is 35.5. The van der Waals surface area contributed by atoms with Crippen molar-refractivity contribution in [1.29, 1.82) is 0 Å². The number of halogens is 1. The van der Waals surface area contributed by atoms with Gasteiger partial charge in [-0.25, -0.2) is 0 Å². The number of rotatable bonds is 5. The van der Waals surface area contributed by atoms with E-state index in [4.69, 9.17) is 25.8 Å². The summed E-state index contributed by atoms with van der Waals surface area (Å²) in [4.78, 5) is 22.3. The lowest BCUT2D eigenvalue weighted by Gasteiger charge is -2.08. The summed E-state index contributed by atoms with van der Waals surface area (Å²) < 4.78 is 15.6. The van der Waals surface area contributed by atoms with Gasteiger partial charge in [0.1, 0.15) is 0 Å². The summed E-state index contributed by atoms with van der Waals surface area (Å²) in [6, 6.07) is 8.88. The van der Waals surface area contributed by atoms with Crippen LogP contribution in [0, 0.1) is 10.1 Å². The number of nitro benzene ring substituents is 1. The third kappa shape index (κ3) is 3.49. The average Bonchev–Trinajstić information content (AvgIpc) is 3.01. The molecule has 2 aromatic carbocycles. The fraction of sp³-hybridized carbons (Fsp3) is 0.133. The summed E-state index contributed by atoms with van der Waals surface area (Å²) in [7, 11) is 0. The maximum Gasteiger partial charge on any atom is 0.312 e. The van der Waals surface area contributed by atoms with Gasteiger partial charge in [0.05, 0.1) is 4.92 Å². The summed E-state index contributed by atoms with van der Waals surface area (Å²) in [5.74, 6) is 0.617. The molecule has 0 radical (unpaired) electrons. The number of carbonyl (C=O) groups is 1. The third-order valence-corrected chi connectivity index (χ3v) is 3.37. The maximum atomic E-state index is 11.9. The quantitative estimate of drug-likeness (QED) is 0.657. The molecule has 0 saturated heterocycles. The third-order valence-electron chi connectivity index (χ3n) is 3.13. The molecule has 0 bridgehead atoms. The lowest BCUT2D eigenvalue weighted by atomic mass is 10.3. The maximum absolute atomic E-state index is 11.9. The van der Waals surface area contributed by atoms with Gasteiger partial charge in [-0.05, 0) is 24.3 Å². The topological polar surface area (TPSA) is 99.9 Å². The van der Waals surface area contributed by atoms with Crippen molar-refractivity contribution in [2.24, 2.45) is 0 Å². The van der Waals surface area contributed by atoms with Crippen LogP contribution in [0.5, 0.6) is 17.2 Å². The van der Waals surface area contributed by atoms with E-state index in [1.807, 2.05) is 0 Å². The van der Waals surface area contributed by atoms with Gasteiger partial charge in [-0.2, -0.15) is 0 Å². The Morgan fingerprint density at radius 3 is 2.83 bits per heavy atom. The SMILES string of the molecule is O=C(COc1ccc(Cl)cc1[N+](=O)[O-])Nc1ccc2c(c1)OCO2. The lowest BCUT2D eigenvalue weighted by Crippen LogP contribution is -2.20. The molecule has 0 unspecified atom stereocenters. The van der Waals surface area contributed by atoms with Crippen molar-refractivity contribution >= 4 is 28.9 Å². The number of nitrogens with zero attached hydrogens (tertiary/aromatic N) is 1. The van der Waals surface area contributed by atoms with Crippen LogP contribution in [-0.2, 0) is 4.79 Å². The smallest absolute Gasteiger partial charge is 0.312 e. The number of nitro groups is 1.